The fourth-order valence-electron chi connectivity index (χ4n) is 1.68. The Morgan fingerprint density at radius 3 is 2.63 bits per heavy atom. The molecule has 1 aromatic rings. The van der Waals surface area contributed by atoms with Crippen molar-refractivity contribution < 1.29 is 14.7 Å². The minimum atomic E-state index is -1.25. The first kappa shape index (κ1) is 15.4. The van der Waals surface area contributed by atoms with E-state index in [4.69, 9.17) is 0 Å². The molecule has 0 aromatic carbocycles. The predicted molar refractivity (Wildman–Crippen MR) is 73.2 cm³/mol. The number of aromatic nitrogens is 1. The summed E-state index contributed by atoms with van der Waals surface area (Å²) in [4.78, 5) is 28.8. The van der Waals surface area contributed by atoms with Crippen molar-refractivity contribution in [2.45, 2.75) is 39.3 Å². The maximum atomic E-state index is 12.2. The lowest BCUT2D eigenvalue weighted by Crippen LogP contribution is -2.56. The number of amides is 2. The summed E-state index contributed by atoms with van der Waals surface area (Å²) in [7, 11) is 0. The van der Waals surface area contributed by atoms with Gasteiger partial charge in [-0.05, 0) is 27.7 Å². The Morgan fingerprint density at radius 2 is 2.21 bits per heavy atom. The first-order valence-corrected chi connectivity index (χ1v) is 6.89. The second-order valence-corrected chi connectivity index (χ2v) is 5.58. The molecule has 1 heterocycles. The molecule has 0 spiro atoms. The van der Waals surface area contributed by atoms with E-state index in [-0.39, 0.29) is 6.04 Å². The number of nitrogens with one attached hydrogen (secondary N) is 1. The molecule has 0 fully saturated rings. The first-order valence-electron chi connectivity index (χ1n) is 6.01. The number of urea groups is 1. The van der Waals surface area contributed by atoms with E-state index in [1.165, 1.54) is 30.1 Å². The number of rotatable bonds is 5. The van der Waals surface area contributed by atoms with Gasteiger partial charge in [0.1, 0.15) is 10.5 Å². The Morgan fingerprint density at radius 1 is 1.58 bits per heavy atom. The van der Waals surface area contributed by atoms with Crippen LogP contribution in [-0.2, 0) is 4.79 Å². The molecule has 1 unspecified atom stereocenters. The molecule has 6 nitrogen and oxygen atoms in total. The molecule has 1 atom stereocenters. The number of carbonyl (C=O) groups is 2. The van der Waals surface area contributed by atoms with Crippen molar-refractivity contribution in [3.05, 3.63) is 16.6 Å². The molecule has 0 radical (unpaired) electrons. The number of carbonyl (C=O) groups excluding carboxylic acids is 1. The second kappa shape index (κ2) is 6.01. The Hall–Kier alpha value is -1.63. The quantitative estimate of drug-likeness (QED) is 0.868. The average molecular weight is 285 g/mol. The van der Waals surface area contributed by atoms with Crippen molar-refractivity contribution in [3.63, 3.8) is 0 Å². The van der Waals surface area contributed by atoms with Gasteiger partial charge in [0, 0.05) is 18.1 Å². The molecule has 19 heavy (non-hydrogen) atoms. The number of hydrogen-bond acceptors (Lipinski definition) is 4. The van der Waals surface area contributed by atoms with Crippen LogP contribution in [0.25, 0.3) is 0 Å². The van der Waals surface area contributed by atoms with Crippen molar-refractivity contribution in [2.24, 2.45) is 0 Å². The Kier molecular flexibility index (Phi) is 4.88. The van der Waals surface area contributed by atoms with Gasteiger partial charge in [0.05, 0.1) is 6.04 Å². The zero-order chi connectivity index (χ0) is 14.6. The molecule has 2 amide bonds. The molecule has 0 saturated heterocycles. The highest BCUT2D eigenvalue weighted by atomic mass is 32.1. The minimum absolute atomic E-state index is 0.244. The van der Waals surface area contributed by atoms with Crippen LogP contribution in [0.3, 0.4) is 0 Å². The number of hydrogen-bond donors (Lipinski definition) is 2. The lowest BCUT2D eigenvalue weighted by atomic mass is 10.0. The summed E-state index contributed by atoms with van der Waals surface area (Å²) in [6, 6.07) is -0.649. The molecular formula is C12H19N3O3S. The van der Waals surface area contributed by atoms with Gasteiger partial charge in [-0.3, -0.25) is 0 Å². The standard InChI is InChI=1S/C12H19N3O3S/c1-5-15(12(3,4)10(16)17)11(18)14-8(2)9-13-6-7-19-9/h6-8H,5H2,1-4H3,(H,14,18)(H,16,17). The van der Waals surface area contributed by atoms with E-state index in [0.29, 0.717) is 6.54 Å². The molecule has 0 aliphatic carbocycles. The smallest absolute Gasteiger partial charge is 0.329 e. The summed E-state index contributed by atoms with van der Waals surface area (Å²) < 4.78 is 0. The van der Waals surface area contributed by atoms with Crippen LogP contribution >= 0.6 is 11.3 Å². The van der Waals surface area contributed by atoms with Crippen LogP contribution in [0, 0.1) is 0 Å². The lowest BCUT2D eigenvalue weighted by molar-refractivity contribution is -0.147. The van der Waals surface area contributed by atoms with Crippen LogP contribution in [0.15, 0.2) is 11.6 Å². The molecule has 106 valence electrons. The summed E-state index contributed by atoms with van der Waals surface area (Å²) in [5, 5.41) is 14.6. The van der Waals surface area contributed by atoms with Crippen molar-refractivity contribution >= 4 is 23.3 Å². The van der Waals surface area contributed by atoms with Crippen LogP contribution in [0.4, 0.5) is 4.79 Å². The molecule has 1 rings (SSSR count). The van der Waals surface area contributed by atoms with Crippen molar-refractivity contribution in [2.75, 3.05) is 6.54 Å². The van der Waals surface area contributed by atoms with E-state index in [1.807, 2.05) is 12.3 Å². The first-order chi connectivity index (χ1) is 8.80. The van der Waals surface area contributed by atoms with Crippen LogP contribution in [0.2, 0.25) is 0 Å². The lowest BCUT2D eigenvalue weighted by Gasteiger charge is -2.34. The van der Waals surface area contributed by atoms with Gasteiger partial charge >= 0.3 is 12.0 Å². The molecule has 7 heteroatoms. The van der Waals surface area contributed by atoms with Gasteiger partial charge in [0.2, 0.25) is 0 Å². The van der Waals surface area contributed by atoms with Gasteiger partial charge in [-0.2, -0.15) is 0 Å². The number of aliphatic carboxylic acids is 1. The fraction of sp³-hybridized carbons (Fsp3) is 0.583. The molecule has 0 aliphatic heterocycles. The van der Waals surface area contributed by atoms with Crippen LogP contribution < -0.4 is 5.32 Å². The number of carboxylic acid groups (broad SMARTS) is 1. The second-order valence-electron chi connectivity index (χ2n) is 4.65. The topological polar surface area (TPSA) is 82.5 Å². The molecule has 0 aliphatic rings. The fourth-order valence-corrected chi connectivity index (χ4v) is 2.33. The summed E-state index contributed by atoms with van der Waals surface area (Å²) in [6.45, 7) is 6.89. The van der Waals surface area contributed by atoms with E-state index >= 15 is 0 Å². The molecule has 1 aromatic heterocycles. The number of carboxylic acids is 1. The van der Waals surface area contributed by atoms with Crippen molar-refractivity contribution in [1.82, 2.24) is 15.2 Å². The summed E-state index contributed by atoms with van der Waals surface area (Å²) in [6.07, 6.45) is 1.67. The maximum absolute atomic E-state index is 12.2. The third-order valence-electron chi connectivity index (χ3n) is 2.92. The van der Waals surface area contributed by atoms with E-state index < -0.39 is 17.5 Å². The third-order valence-corrected chi connectivity index (χ3v) is 3.88. The van der Waals surface area contributed by atoms with E-state index in [9.17, 15) is 14.7 Å². The van der Waals surface area contributed by atoms with E-state index in [1.54, 1.807) is 13.1 Å². The third kappa shape index (κ3) is 3.44. The van der Waals surface area contributed by atoms with Gasteiger partial charge < -0.3 is 15.3 Å². The van der Waals surface area contributed by atoms with Gasteiger partial charge in [-0.1, -0.05) is 0 Å². The van der Waals surface area contributed by atoms with Gasteiger partial charge in [-0.15, -0.1) is 11.3 Å². The number of likely N-dealkylation sites (N-methyl/N-ethyl adjacent to an activating group) is 1. The number of nitrogens with zero attached hydrogens (tertiary/aromatic N) is 2. The normalized spacial score (nSPS) is 12.8. The molecule has 2 N–H and O–H groups in total. The highest BCUT2D eigenvalue weighted by Gasteiger charge is 2.37. The minimum Gasteiger partial charge on any atom is -0.480 e. The zero-order valence-electron chi connectivity index (χ0n) is 11.5. The van der Waals surface area contributed by atoms with Crippen LogP contribution in [0.1, 0.15) is 38.7 Å². The molecule has 0 bridgehead atoms. The Bertz CT molecular complexity index is 445. The van der Waals surface area contributed by atoms with E-state index in [2.05, 4.69) is 10.3 Å². The summed E-state index contributed by atoms with van der Waals surface area (Å²) in [5.41, 5.74) is -1.25. The number of thiazole rings is 1. The average Bonchev–Trinajstić information content (AvgIpc) is 2.82. The van der Waals surface area contributed by atoms with Crippen molar-refractivity contribution in [1.29, 1.82) is 0 Å². The Balaban J connectivity index is 2.78. The van der Waals surface area contributed by atoms with Crippen LogP contribution in [0.5, 0.6) is 0 Å². The molecular weight excluding hydrogens is 266 g/mol. The summed E-state index contributed by atoms with van der Waals surface area (Å²) in [5.74, 6) is -1.04. The van der Waals surface area contributed by atoms with Gasteiger partial charge in [0.25, 0.3) is 0 Å². The van der Waals surface area contributed by atoms with Gasteiger partial charge in [0.15, 0.2) is 0 Å². The Labute approximate surface area is 116 Å². The van der Waals surface area contributed by atoms with Crippen LogP contribution in [-0.4, -0.2) is 39.1 Å². The largest absolute Gasteiger partial charge is 0.480 e. The highest BCUT2D eigenvalue weighted by molar-refractivity contribution is 7.09. The predicted octanol–water partition coefficient (Wildman–Crippen LogP) is 2.10. The zero-order valence-corrected chi connectivity index (χ0v) is 12.3. The highest BCUT2D eigenvalue weighted by Crippen LogP contribution is 2.18. The van der Waals surface area contributed by atoms with E-state index in [0.717, 1.165) is 5.01 Å². The van der Waals surface area contributed by atoms with Crippen molar-refractivity contribution in [3.8, 4) is 0 Å². The maximum Gasteiger partial charge on any atom is 0.329 e. The monoisotopic (exact) mass is 285 g/mol. The van der Waals surface area contributed by atoms with Gasteiger partial charge in [-0.25, -0.2) is 14.6 Å². The molecule has 0 saturated carbocycles. The SMILES string of the molecule is CCN(C(=O)NC(C)c1nccs1)C(C)(C)C(=O)O. The summed E-state index contributed by atoms with van der Waals surface area (Å²) >= 11 is 1.45.